The quantitative estimate of drug-likeness (QED) is 0.774. The minimum absolute atomic E-state index is 0.0622. The second-order valence-corrected chi connectivity index (χ2v) is 6.41. The average molecular weight is 368 g/mol. The maximum atomic E-state index is 12.5. The molecule has 0 radical (unpaired) electrons. The van der Waals surface area contributed by atoms with Gasteiger partial charge in [-0.25, -0.2) is 0 Å². The van der Waals surface area contributed by atoms with Gasteiger partial charge in [-0.3, -0.25) is 4.79 Å². The maximum absolute atomic E-state index is 12.5. The Morgan fingerprint density at radius 3 is 2.46 bits per heavy atom. The SMILES string of the molecule is COc1cc(C(=O)Nc2ccc(Cl)cc2C)cc(Cl)c1OC(C)C. The lowest BCUT2D eigenvalue weighted by Crippen LogP contribution is -2.14. The summed E-state index contributed by atoms with van der Waals surface area (Å²) in [7, 11) is 1.50. The number of hydrogen-bond donors (Lipinski definition) is 1. The third-order valence-corrected chi connectivity index (χ3v) is 3.80. The molecule has 0 spiro atoms. The van der Waals surface area contributed by atoms with E-state index in [1.807, 2.05) is 20.8 Å². The van der Waals surface area contributed by atoms with Gasteiger partial charge in [-0.1, -0.05) is 23.2 Å². The average Bonchev–Trinajstić information content (AvgIpc) is 2.51. The van der Waals surface area contributed by atoms with E-state index in [1.54, 1.807) is 30.3 Å². The van der Waals surface area contributed by atoms with E-state index in [2.05, 4.69) is 5.32 Å². The number of halogens is 2. The standard InChI is InChI=1S/C18H19Cl2NO3/c1-10(2)24-17-14(20)8-12(9-16(17)23-4)18(22)21-15-6-5-13(19)7-11(15)3/h5-10H,1-4H3,(H,21,22). The Morgan fingerprint density at radius 1 is 1.17 bits per heavy atom. The van der Waals surface area contributed by atoms with Crippen LogP contribution in [-0.2, 0) is 0 Å². The molecule has 4 nitrogen and oxygen atoms in total. The van der Waals surface area contributed by atoms with E-state index < -0.39 is 0 Å². The van der Waals surface area contributed by atoms with Gasteiger partial charge in [0.25, 0.3) is 5.91 Å². The van der Waals surface area contributed by atoms with Crippen LogP contribution in [0.5, 0.6) is 11.5 Å². The van der Waals surface area contributed by atoms with Gasteiger partial charge in [-0.15, -0.1) is 0 Å². The van der Waals surface area contributed by atoms with Crippen LogP contribution in [0.15, 0.2) is 30.3 Å². The Labute approximate surface area is 151 Å². The van der Waals surface area contributed by atoms with E-state index in [9.17, 15) is 4.79 Å². The summed E-state index contributed by atoms with van der Waals surface area (Å²) < 4.78 is 10.9. The summed E-state index contributed by atoms with van der Waals surface area (Å²) in [5.41, 5.74) is 1.93. The summed E-state index contributed by atoms with van der Waals surface area (Å²) >= 11 is 12.2. The zero-order valence-corrected chi connectivity index (χ0v) is 15.5. The molecule has 1 N–H and O–H groups in total. The predicted molar refractivity (Wildman–Crippen MR) is 97.9 cm³/mol. The van der Waals surface area contributed by atoms with Gasteiger partial charge in [0.1, 0.15) is 0 Å². The van der Waals surface area contributed by atoms with Crippen molar-refractivity contribution in [2.45, 2.75) is 26.9 Å². The minimum Gasteiger partial charge on any atom is -0.493 e. The number of nitrogens with one attached hydrogen (secondary N) is 1. The zero-order chi connectivity index (χ0) is 17.9. The molecule has 0 bridgehead atoms. The predicted octanol–water partition coefficient (Wildman–Crippen LogP) is 5.35. The van der Waals surface area contributed by atoms with Crippen molar-refractivity contribution in [2.75, 3.05) is 12.4 Å². The molecule has 0 unspecified atom stereocenters. The third kappa shape index (κ3) is 4.34. The van der Waals surface area contributed by atoms with E-state index >= 15 is 0 Å². The number of carbonyl (C=O) groups is 1. The lowest BCUT2D eigenvalue weighted by Gasteiger charge is -2.16. The van der Waals surface area contributed by atoms with Crippen molar-refractivity contribution in [2.24, 2.45) is 0 Å². The van der Waals surface area contributed by atoms with Crippen LogP contribution < -0.4 is 14.8 Å². The highest BCUT2D eigenvalue weighted by Crippen LogP contribution is 2.37. The first-order chi connectivity index (χ1) is 11.3. The van der Waals surface area contributed by atoms with Crippen molar-refractivity contribution in [3.8, 4) is 11.5 Å². The molecule has 6 heteroatoms. The highest BCUT2D eigenvalue weighted by atomic mass is 35.5. The molecule has 2 aromatic rings. The van der Waals surface area contributed by atoms with Crippen molar-refractivity contribution in [3.05, 3.63) is 51.5 Å². The molecular weight excluding hydrogens is 349 g/mol. The fourth-order valence-corrected chi connectivity index (χ4v) is 2.64. The monoisotopic (exact) mass is 367 g/mol. The highest BCUT2D eigenvalue weighted by molar-refractivity contribution is 6.33. The number of aryl methyl sites for hydroxylation is 1. The maximum Gasteiger partial charge on any atom is 0.255 e. The summed E-state index contributed by atoms with van der Waals surface area (Å²) in [6.45, 7) is 5.65. The first kappa shape index (κ1) is 18.4. The molecule has 0 aliphatic carbocycles. The summed E-state index contributed by atoms with van der Waals surface area (Å²) in [4.78, 5) is 12.5. The van der Waals surface area contributed by atoms with Crippen LogP contribution in [0.2, 0.25) is 10.0 Å². The van der Waals surface area contributed by atoms with Crippen molar-refractivity contribution in [3.63, 3.8) is 0 Å². The molecular formula is C18H19Cl2NO3. The molecule has 0 aromatic heterocycles. The topological polar surface area (TPSA) is 47.6 Å². The first-order valence-electron chi connectivity index (χ1n) is 7.43. The number of anilines is 1. The van der Waals surface area contributed by atoms with E-state index in [4.69, 9.17) is 32.7 Å². The molecule has 0 saturated heterocycles. The fourth-order valence-electron chi connectivity index (χ4n) is 2.16. The van der Waals surface area contributed by atoms with Crippen LogP contribution >= 0.6 is 23.2 Å². The van der Waals surface area contributed by atoms with E-state index in [0.717, 1.165) is 5.56 Å². The van der Waals surface area contributed by atoms with Crippen LogP contribution in [0.4, 0.5) is 5.69 Å². The number of ether oxygens (including phenoxy) is 2. The van der Waals surface area contributed by atoms with Crippen molar-refractivity contribution >= 4 is 34.8 Å². The molecule has 0 atom stereocenters. The Morgan fingerprint density at radius 2 is 1.88 bits per heavy atom. The number of amides is 1. The number of carbonyl (C=O) groups excluding carboxylic acids is 1. The van der Waals surface area contributed by atoms with Gasteiger partial charge in [-0.2, -0.15) is 0 Å². The van der Waals surface area contributed by atoms with Gasteiger partial charge >= 0.3 is 0 Å². The van der Waals surface area contributed by atoms with Crippen LogP contribution in [0.25, 0.3) is 0 Å². The number of benzene rings is 2. The largest absolute Gasteiger partial charge is 0.493 e. The molecule has 0 aliphatic rings. The van der Waals surface area contributed by atoms with E-state index in [-0.39, 0.29) is 12.0 Å². The smallest absolute Gasteiger partial charge is 0.255 e. The second-order valence-electron chi connectivity index (χ2n) is 5.57. The van der Waals surface area contributed by atoms with Crippen LogP contribution in [0, 0.1) is 6.92 Å². The summed E-state index contributed by atoms with van der Waals surface area (Å²) in [5.74, 6) is 0.541. The van der Waals surface area contributed by atoms with Gasteiger partial charge in [0.2, 0.25) is 0 Å². The molecule has 0 saturated carbocycles. The van der Waals surface area contributed by atoms with Crippen LogP contribution in [0.3, 0.4) is 0 Å². The Hall–Kier alpha value is -1.91. The zero-order valence-electron chi connectivity index (χ0n) is 13.9. The molecule has 2 aromatic carbocycles. The highest BCUT2D eigenvalue weighted by Gasteiger charge is 2.17. The normalized spacial score (nSPS) is 10.6. The number of rotatable bonds is 5. The molecule has 1 amide bonds. The van der Waals surface area contributed by atoms with E-state index in [1.165, 1.54) is 7.11 Å². The Kier molecular flexibility index (Phi) is 5.97. The minimum atomic E-state index is -0.295. The van der Waals surface area contributed by atoms with Gasteiger partial charge in [0.15, 0.2) is 11.5 Å². The van der Waals surface area contributed by atoms with E-state index in [0.29, 0.717) is 32.8 Å². The number of methoxy groups -OCH3 is 1. The Balaban J connectivity index is 2.31. The van der Waals surface area contributed by atoms with Crippen LogP contribution in [0.1, 0.15) is 29.8 Å². The van der Waals surface area contributed by atoms with Crippen molar-refractivity contribution < 1.29 is 14.3 Å². The molecule has 24 heavy (non-hydrogen) atoms. The van der Waals surface area contributed by atoms with Crippen LogP contribution in [-0.4, -0.2) is 19.1 Å². The Bertz CT molecular complexity index is 760. The summed E-state index contributed by atoms with van der Waals surface area (Å²) in [6, 6.07) is 8.42. The lowest BCUT2D eigenvalue weighted by molar-refractivity contribution is 0.102. The summed E-state index contributed by atoms with van der Waals surface area (Å²) in [6.07, 6.45) is -0.0622. The molecule has 128 valence electrons. The molecule has 0 heterocycles. The summed E-state index contributed by atoms with van der Waals surface area (Å²) in [5, 5.41) is 3.78. The van der Waals surface area contributed by atoms with Gasteiger partial charge in [0.05, 0.1) is 18.2 Å². The van der Waals surface area contributed by atoms with Gasteiger partial charge in [-0.05, 0) is 56.7 Å². The number of hydrogen-bond acceptors (Lipinski definition) is 3. The molecule has 0 fully saturated rings. The van der Waals surface area contributed by atoms with Gasteiger partial charge < -0.3 is 14.8 Å². The van der Waals surface area contributed by atoms with Crippen molar-refractivity contribution in [1.82, 2.24) is 0 Å². The second kappa shape index (κ2) is 7.77. The fraction of sp³-hybridized carbons (Fsp3) is 0.278. The lowest BCUT2D eigenvalue weighted by atomic mass is 10.1. The molecule has 2 rings (SSSR count). The van der Waals surface area contributed by atoms with Crippen molar-refractivity contribution in [1.29, 1.82) is 0 Å². The third-order valence-electron chi connectivity index (χ3n) is 3.28. The first-order valence-corrected chi connectivity index (χ1v) is 8.19. The molecule has 0 aliphatic heterocycles. The van der Waals surface area contributed by atoms with Gasteiger partial charge in [0, 0.05) is 16.3 Å².